The smallest absolute Gasteiger partial charge is 0.270 e. The minimum absolute atomic E-state index is 0.0171. The molecule has 2 aliphatic rings. The van der Waals surface area contributed by atoms with E-state index in [1.54, 1.807) is 23.1 Å². The van der Waals surface area contributed by atoms with Gasteiger partial charge in [0.1, 0.15) is 11.4 Å². The Hall–Kier alpha value is -3.78. The van der Waals surface area contributed by atoms with E-state index in [1.807, 2.05) is 71.1 Å². The molecule has 1 fully saturated rings. The van der Waals surface area contributed by atoms with Gasteiger partial charge in [-0.05, 0) is 74.8 Å². The summed E-state index contributed by atoms with van der Waals surface area (Å²) < 4.78 is 7.76. The highest BCUT2D eigenvalue weighted by Crippen LogP contribution is 2.39. The summed E-state index contributed by atoms with van der Waals surface area (Å²) >= 11 is 13.2. The second-order valence-corrected chi connectivity index (χ2v) is 12.3. The van der Waals surface area contributed by atoms with Crippen molar-refractivity contribution in [1.29, 1.82) is 0 Å². The molecule has 4 aromatic rings. The van der Waals surface area contributed by atoms with Crippen LogP contribution in [0.4, 0.5) is 5.69 Å². The fourth-order valence-electron chi connectivity index (χ4n) is 6.17. The average Bonchev–Trinajstić information content (AvgIpc) is 3.33. The summed E-state index contributed by atoms with van der Waals surface area (Å²) in [5.41, 5.74) is 4.76. The molecular formula is C34H34Cl2N4O3. The zero-order valence-electron chi connectivity index (χ0n) is 24.5. The summed E-state index contributed by atoms with van der Waals surface area (Å²) in [6.07, 6.45) is 1.79. The average molecular weight is 618 g/mol. The van der Waals surface area contributed by atoms with E-state index < -0.39 is 0 Å². The highest BCUT2D eigenvalue weighted by Gasteiger charge is 2.36. The van der Waals surface area contributed by atoms with Gasteiger partial charge in [0, 0.05) is 45.1 Å². The quantitative estimate of drug-likeness (QED) is 0.265. The Kier molecular flexibility index (Phi) is 7.98. The minimum atomic E-state index is -0.251. The number of carbonyl (C=O) groups excluding carboxylic acids is 2. The van der Waals surface area contributed by atoms with Crippen LogP contribution in [0.1, 0.15) is 51.9 Å². The number of hydrogen-bond acceptors (Lipinski definition) is 4. The number of fused-ring (bicyclic) bond motifs is 2. The van der Waals surface area contributed by atoms with Gasteiger partial charge in [0.15, 0.2) is 0 Å². The number of hydrogen-bond donors (Lipinski definition) is 1. The number of aromatic nitrogens is 1. The van der Waals surface area contributed by atoms with Crippen LogP contribution in [0, 0.1) is 0 Å². The number of ether oxygens (including phenoxy) is 1. The molecular weight excluding hydrogens is 583 g/mol. The first-order valence-electron chi connectivity index (χ1n) is 14.4. The lowest BCUT2D eigenvalue weighted by Crippen LogP contribution is -2.53. The van der Waals surface area contributed by atoms with Crippen LogP contribution >= 0.6 is 23.2 Å². The summed E-state index contributed by atoms with van der Waals surface area (Å²) in [5.74, 6) is 0.129. The number of rotatable bonds is 5. The van der Waals surface area contributed by atoms with Gasteiger partial charge < -0.3 is 24.4 Å². The third-order valence-electron chi connectivity index (χ3n) is 8.95. The largest absolute Gasteiger partial charge is 0.496 e. The number of para-hydroxylation sites is 1. The Morgan fingerprint density at radius 1 is 0.907 bits per heavy atom. The van der Waals surface area contributed by atoms with Gasteiger partial charge in [0.05, 0.1) is 25.8 Å². The zero-order chi connectivity index (χ0) is 30.3. The van der Waals surface area contributed by atoms with Crippen molar-refractivity contribution in [2.24, 2.45) is 0 Å². The van der Waals surface area contributed by atoms with Crippen molar-refractivity contribution in [3.8, 4) is 16.9 Å². The van der Waals surface area contributed by atoms with Crippen molar-refractivity contribution >= 4 is 40.7 Å². The summed E-state index contributed by atoms with van der Waals surface area (Å²) in [7, 11) is 3.44. The molecule has 0 unspecified atom stereocenters. The predicted octanol–water partition coefficient (Wildman–Crippen LogP) is 6.89. The van der Waals surface area contributed by atoms with E-state index in [2.05, 4.69) is 12.2 Å². The van der Waals surface area contributed by atoms with Crippen molar-refractivity contribution in [3.05, 3.63) is 105 Å². The van der Waals surface area contributed by atoms with Crippen molar-refractivity contribution in [2.45, 2.75) is 38.4 Å². The molecule has 0 bridgehead atoms. The monoisotopic (exact) mass is 616 g/mol. The molecule has 0 radical (unpaired) electrons. The van der Waals surface area contributed by atoms with E-state index in [4.69, 9.17) is 27.9 Å². The molecule has 3 heterocycles. The number of nitrogens with zero attached hydrogens (tertiary/aromatic N) is 3. The van der Waals surface area contributed by atoms with Gasteiger partial charge in [-0.2, -0.15) is 0 Å². The van der Waals surface area contributed by atoms with Crippen LogP contribution in [-0.4, -0.2) is 54.1 Å². The van der Waals surface area contributed by atoms with Crippen molar-refractivity contribution in [1.82, 2.24) is 14.8 Å². The van der Waals surface area contributed by atoms with Gasteiger partial charge in [-0.1, -0.05) is 59.6 Å². The van der Waals surface area contributed by atoms with Crippen LogP contribution in [-0.2, 0) is 13.1 Å². The first-order chi connectivity index (χ1) is 20.7. The van der Waals surface area contributed by atoms with Crippen molar-refractivity contribution < 1.29 is 14.3 Å². The zero-order valence-corrected chi connectivity index (χ0v) is 26.0. The topological polar surface area (TPSA) is 66.8 Å². The van der Waals surface area contributed by atoms with E-state index in [0.29, 0.717) is 39.2 Å². The third-order valence-corrected chi connectivity index (χ3v) is 9.59. The molecule has 0 spiro atoms. The summed E-state index contributed by atoms with van der Waals surface area (Å²) in [5, 5.41) is 4.34. The van der Waals surface area contributed by atoms with E-state index in [0.717, 1.165) is 48.4 Å². The summed E-state index contributed by atoms with van der Waals surface area (Å²) in [6, 6.07) is 22.5. The molecule has 2 amide bonds. The number of piperidine rings is 1. The van der Waals surface area contributed by atoms with Gasteiger partial charge in [-0.15, -0.1) is 0 Å². The maximum atomic E-state index is 14.3. The van der Waals surface area contributed by atoms with E-state index in [-0.39, 0.29) is 23.9 Å². The van der Waals surface area contributed by atoms with Gasteiger partial charge in [-0.3, -0.25) is 9.59 Å². The molecule has 1 N–H and O–H groups in total. The molecule has 0 saturated carbocycles. The Balaban J connectivity index is 1.38. The van der Waals surface area contributed by atoms with Crippen LogP contribution in [0.25, 0.3) is 11.1 Å². The third kappa shape index (κ3) is 5.30. The molecule has 3 aromatic carbocycles. The van der Waals surface area contributed by atoms with E-state index >= 15 is 0 Å². The first-order valence-corrected chi connectivity index (χ1v) is 15.2. The second-order valence-electron chi connectivity index (χ2n) is 11.4. The number of anilines is 1. The Morgan fingerprint density at radius 3 is 2.37 bits per heavy atom. The lowest BCUT2D eigenvalue weighted by Gasteiger charge is -2.42. The van der Waals surface area contributed by atoms with Crippen LogP contribution in [0.2, 0.25) is 10.0 Å². The molecule has 43 heavy (non-hydrogen) atoms. The molecule has 222 valence electrons. The van der Waals surface area contributed by atoms with Crippen molar-refractivity contribution in [2.75, 3.05) is 32.1 Å². The highest BCUT2D eigenvalue weighted by molar-refractivity contribution is 6.37. The molecule has 9 heteroatoms. The van der Waals surface area contributed by atoms with Gasteiger partial charge in [-0.25, -0.2) is 0 Å². The van der Waals surface area contributed by atoms with Crippen LogP contribution < -0.4 is 15.0 Å². The van der Waals surface area contributed by atoms with Gasteiger partial charge >= 0.3 is 0 Å². The first kappa shape index (κ1) is 29.3. The molecule has 0 atom stereocenters. The normalized spacial score (nSPS) is 15.7. The van der Waals surface area contributed by atoms with E-state index in [1.165, 1.54) is 7.11 Å². The summed E-state index contributed by atoms with van der Waals surface area (Å²) in [6.45, 7) is 4.68. The molecule has 6 rings (SSSR count). The standard InChI is InChI=1S/C34H34Cl2N4O3/c1-34(14-16-37-17-15-34)38(2)33(42)30-13-12-23-21-40(29-11-7-4-8-22(29)20-39(23)30)32(41)26-18-28(36)25(19-31(26)43-3)24-9-5-6-10-27(24)35/h4-13,18-19,37H,14-17,20-21H2,1-3H3. The lowest BCUT2D eigenvalue weighted by molar-refractivity contribution is 0.0509. The number of nitrogens with one attached hydrogen (secondary N) is 1. The molecule has 0 aliphatic carbocycles. The number of amides is 2. The molecule has 2 aliphatic heterocycles. The number of halogens is 2. The van der Waals surface area contributed by atoms with Crippen LogP contribution in [0.15, 0.2) is 72.8 Å². The van der Waals surface area contributed by atoms with Crippen LogP contribution in [0.3, 0.4) is 0 Å². The maximum absolute atomic E-state index is 14.3. The summed E-state index contributed by atoms with van der Waals surface area (Å²) in [4.78, 5) is 31.9. The number of methoxy groups -OCH3 is 1. The van der Waals surface area contributed by atoms with Crippen LogP contribution in [0.5, 0.6) is 5.75 Å². The predicted molar refractivity (Wildman–Crippen MR) is 172 cm³/mol. The number of carbonyl (C=O) groups is 2. The lowest BCUT2D eigenvalue weighted by atomic mass is 9.88. The maximum Gasteiger partial charge on any atom is 0.270 e. The Labute approximate surface area is 262 Å². The fraction of sp³-hybridized carbons (Fsp3) is 0.294. The van der Waals surface area contributed by atoms with E-state index in [9.17, 15) is 9.59 Å². The minimum Gasteiger partial charge on any atom is -0.496 e. The molecule has 1 aromatic heterocycles. The van der Waals surface area contributed by atoms with Gasteiger partial charge in [0.25, 0.3) is 11.8 Å². The fourth-order valence-corrected chi connectivity index (χ4v) is 6.67. The SMILES string of the molecule is COc1cc(-c2ccccc2Cl)c(Cl)cc1C(=O)N1Cc2ccc(C(=O)N(C)C3(C)CCNCC3)n2Cc2ccccc21. The Morgan fingerprint density at radius 2 is 1.63 bits per heavy atom. The Bertz CT molecular complexity index is 1710. The molecule has 7 nitrogen and oxygen atoms in total. The second kappa shape index (κ2) is 11.7. The molecule has 1 saturated heterocycles. The van der Waals surface area contributed by atoms with Crippen molar-refractivity contribution in [3.63, 3.8) is 0 Å². The highest BCUT2D eigenvalue weighted by atomic mass is 35.5. The number of benzene rings is 3. The van der Waals surface area contributed by atoms with Gasteiger partial charge in [0.2, 0.25) is 0 Å².